The van der Waals surface area contributed by atoms with Crippen molar-refractivity contribution in [1.29, 1.82) is 0 Å². The Kier molecular flexibility index (Phi) is 8.29. The lowest BCUT2D eigenvalue weighted by Crippen LogP contribution is -2.35. The molecule has 0 aliphatic rings. The molecule has 0 rings (SSSR count). The molecule has 4 nitrogen and oxygen atoms in total. The zero-order chi connectivity index (χ0) is 12.6. The van der Waals surface area contributed by atoms with Gasteiger partial charge < -0.3 is 14.2 Å². The highest BCUT2D eigenvalue weighted by molar-refractivity contribution is 6.27. The minimum absolute atomic E-state index is 0.316. The normalized spacial score (nSPS) is 11.2. The van der Waals surface area contributed by atoms with Crippen LogP contribution < -0.4 is 0 Å². The number of hydrogen-bond acceptors (Lipinski definition) is 2. The molecule has 0 spiro atoms. The molecule has 0 bridgehead atoms. The van der Waals surface area contributed by atoms with Crippen LogP contribution in [-0.4, -0.2) is 66.4 Å². The van der Waals surface area contributed by atoms with Gasteiger partial charge in [0.25, 0.3) is 0 Å². The molecule has 0 aromatic heterocycles. The van der Waals surface area contributed by atoms with Crippen LogP contribution in [0.25, 0.3) is 0 Å². The standard InChI is InChI=1S/C11H27N3OSi/c1-10(2)15-16-9-7-8-12-11(13(3)4)14(5)6/h10H,7-9,16H2,1-6H3. The molecule has 0 fully saturated rings. The summed E-state index contributed by atoms with van der Waals surface area (Å²) in [4.78, 5) is 8.66. The predicted molar refractivity (Wildman–Crippen MR) is 73.9 cm³/mol. The molecular weight excluding hydrogens is 218 g/mol. The van der Waals surface area contributed by atoms with Crippen molar-refractivity contribution in [1.82, 2.24) is 9.80 Å². The van der Waals surface area contributed by atoms with Gasteiger partial charge in [-0.15, -0.1) is 0 Å². The van der Waals surface area contributed by atoms with Gasteiger partial charge in [-0.2, -0.15) is 0 Å². The fraction of sp³-hybridized carbons (Fsp3) is 0.909. The van der Waals surface area contributed by atoms with E-state index in [1.165, 1.54) is 6.04 Å². The second kappa shape index (κ2) is 8.58. The molecule has 16 heavy (non-hydrogen) atoms. The van der Waals surface area contributed by atoms with Gasteiger partial charge in [0.2, 0.25) is 0 Å². The van der Waals surface area contributed by atoms with E-state index in [0.717, 1.165) is 18.9 Å². The van der Waals surface area contributed by atoms with E-state index in [9.17, 15) is 0 Å². The fourth-order valence-electron chi connectivity index (χ4n) is 1.39. The van der Waals surface area contributed by atoms with E-state index in [1.54, 1.807) is 0 Å². The predicted octanol–water partition coefficient (Wildman–Crippen LogP) is 0.783. The first-order valence-electron chi connectivity index (χ1n) is 5.95. The van der Waals surface area contributed by atoms with E-state index in [4.69, 9.17) is 4.43 Å². The van der Waals surface area contributed by atoms with Gasteiger partial charge >= 0.3 is 0 Å². The van der Waals surface area contributed by atoms with Crippen LogP contribution in [0.4, 0.5) is 0 Å². The molecule has 0 aliphatic heterocycles. The molecule has 0 radical (unpaired) electrons. The first kappa shape index (κ1) is 15.4. The van der Waals surface area contributed by atoms with Crippen molar-refractivity contribution in [2.75, 3.05) is 34.7 Å². The molecule has 0 unspecified atom stereocenters. The Morgan fingerprint density at radius 1 is 1.19 bits per heavy atom. The first-order chi connectivity index (χ1) is 7.45. The lowest BCUT2D eigenvalue weighted by atomic mass is 10.5. The van der Waals surface area contributed by atoms with Gasteiger partial charge in [-0.05, 0) is 26.3 Å². The van der Waals surface area contributed by atoms with E-state index >= 15 is 0 Å². The second-order valence-electron chi connectivity index (χ2n) is 4.60. The summed E-state index contributed by atoms with van der Waals surface area (Å²) in [6, 6.07) is 1.22. The molecule has 0 aromatic carbocycles. The second-order valence-corrected chi connectivity index (χ2v) is 6.05. The fourth-order valence-corrected chi connectivity index (χ4v) is 2.46. The number of nitrogens with zero attached hydrogens (tertiary/aromatic N) is 3. The zero-order valence-corrected chi connectivity index (χ0v) is 13.1. The monoisotopic (exact) mass is 245 g/mol. The summed E-state index contributed by atoms with van der Waals surface area (Å²) in [7, 11) is 7.78. The Labute approximate surface area is 103 Å². The smallest absolute Gasteiger partial charge is 0.195 e. The van der Waals surface area contributed by atoms with Crippen LogP contribution in [0, 0.1) is 0 Å². The zero-order valence-electron chi connectivity index (χ0n) is 11.7. The van der Waals surface area contributed by atoms with E-state index < -0.39 is 0 Å². The Hall–Kier alpha value is -0.553. The molecule has 0 aromatic rings. The van der Waals surface area contributed by atoms with E-state index in [1.807, 2.05) is 38.0 Å². The molecule has 0 aliphatic carbocycles. The molecule has 0 N–H and O–H groups in total. The topological polar surface area (TPSA) is 28.1 Å². The SMILES string of the molecule is CC(C)O[SiH2]CCCN=C(N(C)C)N(C)C. The van der Waals surface area contributed by atoms with Gasteiger partial charge in [-0.1, -0.05) is 0 Å². The van der Waals surface area contributed by atoms with Gasteiger partial charge in [-0.25, -0.2) is 0 Å². The van der Waals surface area contributed by atoms with Crippen molar-refractivity contribution in [2.24, 2.45) is 4.99 Å². The summed E-state index contributed by atoms with van der Waals surface area (Å²) in [6.07, 6.45) is 1.54. The Morgan fingerprint density at radius 3 is 2.19 bits per heavy atom. The van der Waals surface area contributed by atoms with Crippen molar-refractivity contribution >= 4 is 15.7 Å². The largest absolute Gasteiger partial charge is 0.422 e. The van der Waals surface area contributed by atoms with Crippen LogP contribution in [0.15, 0.2) is 4.99 Å². The van der Waals surface area contributed by atoms with Crippen LogP contribution in [0.3, 0.4) is 0 Å². The number of aliphatic imine (C=N–C) groups is 1. The van der Waals surface area contributed by atoms with Crippen molar-refractivity contribution < 1.29 is 4.43 Å². The van der Waals surface area contributed by atoms with Crippen molar-refractivity contribution in [2.45, 2.75) is 32.4 Å². The van der Waals surface area contributed by atoms with Crippen LogP contribution in [-0.2, 0) is 4.43 Å². The van der Waals surface area contributed by atoms with Crippen LogP contribution in [0.5, 0.6) is 0 Å². The van der Waals surface area contributed by atoms with Crippen LogP contribution in [0.1, 0.15) is 20.3 Å². The number of hydrogen-bond donors (Lipinski definition) is 0. The maximum Gasteiger partial charge on any atom is 0.195 e. The molecule has 0 saturated carbocycles. The highest BCUT2D eigenvalue weighted by atomic mass is 28.2. The third kappa shape index (κ3) is 7.70. The van der Waals surface area contributed by atoms with Crippen molar-refractivity contribution in [3.8, 4) is 0 Å². The molecule has 0 amide bonds. The maximum atomic E-state index is 5.61. The van der Waals surface area contributed by atoms with Crippen molar-refractivity contribution in [3.63, 3.8) is 0 Å². The summed E-state index contributed by atoms with van der Waals surface area (Å²) in [5, 5.41) is 0. The van der Waals surface area contributed by atoms with Gasteiger partial charge in [0.05, 0.1) is 0 Å². The molecule has 96 valence electrons. The van der Waals surface area contributed by atoms with Gasteiger partial charge in [0.1, 0.15) is 0 Å². The summed E-state index contributed by atoms with van der Waals surface area (Å²) in [5.74, 6) is 1.03. The summed E-state index contributed by atoms with van der Waals surface area (Å²) in [6.45, 7) is 5.10. The maximum absolute atomic E-state index is 5.61. The lowest BCUT2D eigenvalue weighted by molar-refractivity contribution is 0.255. The average Bonchev–Trinajstić information content (AvgIpc) is 2.14. The Bertz CT molecular complexity index is 195. The molecule has 0 saturated heterocycles. The van der Waals surface area contributed by atoms with Gasteiger partial charge in [0.15, 0.2) is 15.7 Å². The van der Waals surface area contributed by atoms with Gasteiger partial charge in [0, 0.05) is 40.8 Å². The molecule has 5 heteroatoms. The highest BCUT2D eigenvalue weighted by Gasteiger charge is 2.02. The third-order valence-electron chi connectivity index (χ3n) is 2.06. The molecule has 0 atom stereocenters. The summed E-state index contributed by atoms with van der Waals surface area (Å²) in [5.41, 5.74) is 0. The quantitative estimate of drug-likeness (QED) is 0.300. The minimum atomic E-state index is -0.316. The van der Waals surface area contributed by atoms with Crippen molar-refractivity contribution in [3.05, 3.63) is 0 Å². The third-order valence-corrected chi connectivity index (χ3v) is 3.75. The van der Waals surface area contributed by atoms with E-state index in [0.29, 0.717) is 6.10 Å². The van der Waals surface area contributed by atoms with Gasteiger partial charge in [-0.3, -0.25) is 4.99 Å². The minimum Gasteiger partial charge on any atom is -0.422 e. The van der Waals surface area contributed by atoms with Crippen LogP contribution in [0.2, 0.25) is 6.04 Å². The molecule has 0 heterocycles. The Balaban J connectivity index is 3.72. The summed E-state index contributed by atoms with van der Waals surface area (Å²) < 4.78 is 5.61. The summed E-state index contributed by atoms with van der Waals surface area (Å²) >= 11 is 0. The van der Waals surface area contributed by atoms with E-state index in [2.05, 4.69) is 18.8 Å². The highest BCUT2D eigenvalue weighted by Crippen LogP contribution is 1.96. The average molecular weight is 245 g/mol. The van der Waals surface area contributed by atoms with E-state index in [-0.39, 0.29) is 9.76 Å². The number of guanidine groups is 1. The number of rotatable bonds is 6. The molecular formula is C11H27N3OSi. The lowest BCUT2D eigenvalue weighted by Gasteiger charge is -2.22. The Morgan fingerprint density at radius 2 is 1.75 bits per heavy atom. The van der Waals surface area contributed by atoms with Crippen LogP contribution >= 0.6 is 0 Å². The first-order valence-corrected chi connectivity index (χ1v) is 7.53.